The number of rotatable bonds is 5. The molecule has 3 aromatic rings. The molecule has 2 N–H and O–H groups in total. The molecule has 1 unspecified atom stereocenters. The Labute approximate surface area is 164 Å². The summed E-state index contributed by atoms with van der Waals surface area (Å²) in [5.74, 6) is 0.298. The number of amides is 1. The standard InChI is InChI=1S/C24H23NO3/c1-16(14-17-10-12-18(26)13-11-17)25-24(27)28-15-23-21-8-4-2-6-19(21)20-7-3-5-9-22(20)23/h2-13,16,23,26H,14-15H2,1H3,(H,25,27). The molecule has 0 saturated carbocycles. The normalized spacial score (nSPS) is 13.5. The average molecular weight is 373 g/mol. The van der Waals surface area contributed by atoms with Crippen LogP contribution in [-0.4, -0.2) is 23.8 Å². The van der Waals surface area contributed by atoms with Crippen molar-refractivity contribution in [3.63, 3.8) is 0 Å². The van der Waals surface area contributed by atoms with Gasteiger partial charge in [0, 0.05) is 12.0 Å². The third-order valence-electron chi connectivity index (χ3n) is 5.19. The molecule has 1 atom stereocenters. The third kappa shape index (κ3) is 3.72. The number of phenols is 1. The van der Waals surface area contributed by atoms with Gasteiger partial charge in [-0.25, -0.2) is 4.79 Å². The van der Waals surface area contributed by atoms with Gasteiger partial charge in [0.1, 0.15) is 12.4 Å². The van der Waals surface area contributed by atoms with E-state index in [1.165, 1.54) is 22.3 Å². The molecule has 0 bridgehead atoms. The lowest BCUT2D eigenvalue weighted by Crippen LogP contribution is -2.35. The van der Waals surface area contributed by atoms with Gasteiger partial charge in [0.25, 0.3) is 0 Å². The van der Waals surface area contributed by atoms with Crippen LogP contribution in [0.5, 0.6) is 5.75 Å². The zero-order valence-corrected chi connectivity index (χ0v) is 15.8. The minimum absolute atomic E-state index is 0.0607. The van der Waals surface area contributed by atoms with Crippen LogP contribution in [0.25, 0.3) is 11.1 Å². The Hall–Kier alpha value is -3.27. The van der Waals surface area contributed by atoms with Crippen molar-refractivity contribution in [2.75, 3.05) is 6.61 Å². The molecule has 1 aliphatic carbocycles. The molecule has 0 aromatic heterocycles. The molecule has 0 radical (unpaired) electrons. The van der Waals surface area contributed by atoms with Gasteiger partial charge in [0.05, 0.1) is 0 Å². The van der Waals surface area contributed by atoms with Crippen molar-refractivity contribution < 1.29 is 14.6 Å². The molecule has 0 aliphatic heterocycles. The summed E-state index contributed by atoms with van der Waals surface area (Å²) in [6, 6.07) is 23.5. The van der Waals surface area contributed by atoms with Crippen LogP contribution in [0, 0.1) is 0 Å². The zero-order chi connectivity index (χ0) is 19.5. The number of carbonyl (C=O) groups is 1. The number of nitrogens with one attached hydrogen (secondary N) is 1. The van der Waals surface area contributed by atoms with Gasteiger partial charge in [0.2, 0.25) is 0 Å². The number of aromatic hydroxyl groups is 1. The highest BCUT2D eigenvalue weighted by molar-refractivity contribution is 5.79. The molecule has 0 fully saturated rings. The first kappa shape index (κ1) is 18.1. The van der Waals surface area contributed by atoms with E-state index in [9.17, 15) is 9.90 Å². The summed E-state index contributed by atoms with van der Waals surface area (Å²) < 4.78 is 5.58. The highest BCUT2D eigenvalue weighted by Crippen LogP contribution is 2.44. The fraction of sp³-hybridized carbons (Fsp3) is 0.208. The first-order chi connectivity index (χ1) is 13.6. The quantitative estimate of drug-likeness (QED) is 0.671. The second-order valence-corrected chi connectivity index (χ2v) is 7.24. The first-order valence-corrected chi connectivity index (χ1v) is 9.51. The molecule has 0 heterocycles. The third-order valence-corrected chi connectivity index (χ3v) is 5.19. The number of alkyl carbamates (subject to hydrolysis) is 1. The molecule has 3 aromatic carbocycles. The van der Waals surface area contributed by atoms with Crippen LogP contribution in [0.4, 0.5) is 4.79 Å². The molecule has 1 amide bonds. The van der Waals surface area contributed by atoms with Crippen molar-refractivity contribution in [3.05, 3.63) is 89.5 Å². The van der Waals surface area contributed by atoms with Gasteiger partial charge in [-0.15, -0.1) is 0 Å². The average Bonchev–Trinajstić information content (AvgIpc) is 3.02. The van der Waals surface area contributed by atoms with Gasteiger partial charge in [-0.2, -0.15) is 0 Å². The van der Waals surface area contributed by atoms with E-state index in [4.69, 9.17) is 4.74 Å². The van der Waals surface area contributed by atoms with Crippen molar-refractivity contribution in [2.24, 2.45) is 0 Å². The summed E-state index contributed by atoms with van der Waals surface area (Å²) in [6.45, 7) is 2.25. The minimum atomic E-state index is -0.409. The second-order valence-electron chi connectivity index (χ2n) is 7.24. The van der Waals surface area contributed by atoms with Crippen molar-refractivity contribution in [2.45, 2.75) is 25.3 Å². The van der Waals surface area contributed by atoms with Crippen LogP contribution < -0.4 is 5.32 Å². The van der Waals surface area contributed by atoms with Crippen LogP contribution >= 0.6 is 0 Å². The maximum atomic E-state index is 12.3. The molecule has 28 heavy (non-hydrogen) atoms. The Morgan fingerprint density at radius 2 is 1.54 bits per heavy atom. The van der Waals surface area contributed by atoms with Crippen LogP contribution in [0.15, 0.2) is 72.8 Å². The van der Waals surface area contributed by atoms with Crippen LogP contribution in [0.2, 0.25) is 0 Å². The molecule has 0 spiro atoms. The zero-order valence-electron chi connectivity index (χ0n) is 15.8. The number of fused-ring (bicyclic) bond motifs is 3. The molecule has 0 saturated heterocycles. The van der Waals surface area contributed by atoms with E-state index in [0.29, 0.717) is 13.0 Å². The van der Waals surface area contributed by atoms with Crippen molar-refractivity contribution in [1.82, 2.24) is 5.32 Å². The summed E-state index contributed by atoms with van der Waals surface area (Å²) in [5, 5.41) is 12.3. The van der Waals surface area contributed by atoms with Gasteiger partial charge in [0.15, 0.2) is 0 Å². The number of benzene rings is 3. The van der Waals surface area contributed by atoms with Gasteiger partial charge in [-0.3, -0.25) is 0 Å². The topological polar surface area (TPSA) is 58.6 Å². The lowest BCUT2D eigenvalue weighted by atomic mass is 9.98. The smallest absolute Gasteiger partial charge is 0.407 e. The summed E-state index contributed by atoms with van der Waals surface area (Å²) in [7, 11) is 0. The first-order valence-electron chi connectivity index (χ1n) is 9.51. The maximum absolute atomic E-state index is 12.3. The number of phenolic OH excluding ortho intramolecular Hbond substituents is 1. The van der Waals surface area contributed by atoms with Gasteiger partial charge in [-0.1, -0.05) is 60.7 Å². The highest BCUT2D eigenvalue weighted by Gasteiger charge is 2.29. The minimum Gasteiger partial charge on any atom is -0.508 e. The molecular weight excluding hydrogens is 350 g/mol. The van der Waals surface area contributed by atoms with E-state index < -0.39 is 6.09 Å². The molecule has 1 aliphatic rings. The van der Waals surface area contributed by atoms with E-state index in [0.717, 1.165) is 5.56 Å². The summed E-state index contributed by atoms with van der Waals surface area (Å²) in [4.78, 5) is 12.3. The Kier molecular flexibility index (Phi) is 5.02. The highest BCUT2D eigenvalue weighted by atomic mass is 16.5. The van der Waals surface area contributed by atoms with Crippen molar-refractivity contribution in [3.8, 4) is 16.9 Å². The Bertz CT molecular complexity index is 936. The van der Waals surface area contributed by atoms with E-state index in [2.05, 4.69) is 29.6 Å². The lowest BCUT2D eigenvalue weighted by Gasteiger charge is -2.17. The van der Waals surface area contributed by atoms with Gasteiger partial charge in [-0.05, 0) is 53.3 Å². The van der Waals surface area contributed by atoms with Crippen molar-refractivity contribution in [1.29, 1.82) is 0 Å². The Morgan fingerprint density at radius 3 is 2.14 bits per heavy atom. The largest absolute Gasteiger partial charge is 0.508 e. The summed E-state index contributed by atoms with van der Waals surface area (Å²) >= 11 is 0. The molecule has 4 nitrogen and oxygen atoms in total. The summed E-state index contributed by atoms with van der Waals surface area (Å²) in [5.41, 5.74) is 5.88. The maximum Gasteiger partial charge on any atom is 0.407 e. The molecular formula is C24H23NO3. The molecule has 142 valence electrons. The van der Waals surface area contributed by atoms with Gasteiger partial charge < -0.3 is 15.2 Å². The summed E-state index contributed by atoms with van der Waals surface area (Å²) in [6.07, 6.45) is 0.262. The Morgan fingerprint density at radius 1 is 0.964 bits per heavy atom. The predicted octanol–water partition coefficient (Wildman–Crippen LogP) is 4.86. The van der Waals surface area contributed by atoms with E-state index >= 15 is 0 Å². The molecule has 4 rings (SSSR count). The Balaban J connectivity index is 1.38. The van der Waals surface area contributed by atoms with E-state index in [1.54, 1.807) is 12.1 Å². The van der Waals surface area contributed by atoms with E-state index in [-0.39, 0.29) is 17.7 Å². The van der Waals surface area contributed by atoms with Gasteiger partial charge >= 0.3 is 6.09 Å². The second kappa shape index (κ2) is 7.77. The van der Waals surface area contributed by atoms with E-state index in [1.807, 2.05) is 43.3 Å². The van der Waals surface area contributed by atoms with Crippen LogP contribution in [0.3, 0.4) is 0 Å². The number of hydrogen-bond acceptors (Lipinski definition) is 3. The number of carbonyl (C=O) groups excluding carboxylic acids is 1. The van der Waals surface area contributed by atoms with Crippen molar-refractivity contribution >= 4 is 6.09 Å². The fourth-order valence-corrected chi connectivity index (χ4v) is 3.88. The van der Waals surface area contributed by atoms with Crippen LogP contribution in [0.1, 0.15) is 29.5 Å². The lowest BCUT2D eigenvalue weighted by molar-refractivity contribution is 0.139. The van der Waals surface area contributed by atoms with Crippen LogP contribution in [-0.2, 0) is 11.2 Å². The predicted molar refractivity (Wildman–Crippen MR) is 109 cm³/mol. The fourth-order valence-electron chi connectivity index (χ4n) is 3.88. The number of ether oxygens (including phenoxy) is 1. The monoisotopic (exact) mass is 373 g/mol. The SMILES string of the molecule is CC(Cc1ccc(O)cc1)NC(=O)OCC1c2ccccc2-c2ccccc21. The number of hydrogen-bond donors (Lipinski definition) is 2. The molecule has 4 heteroatoms.